The van der Waals surface area contributed by atoms with Crippen LogP contribution in [0, 0.1) is 29.6 Å². The summed E-state index contributed by atoms with van der Waals surface area (Å²) < 4.78 is 55.2. The van der Waals surface area contributed by atoms with Crippen molar-refractivity contribution >= 4 is 48.9 Å². The van der Waals surface area contributed by atoms with Crippen molar-refractivity contribution in [3.05, 3.63) is 18.2 Å². The van der Waals surface area contributed by atoms with Gasteiger partial charge in [-0.3, -0.25) is 14.3 Å². The molecule has 2 saturated carbocycles. The van der Waals surface area contributed by atoms with E-state index >= 15 is 0 Å². The summed E-state index contributed by atoms with van der Waals surface area (Å²) >= 11 is 0. The molecule has 1 amide bonds. The van der Waals surface area contributed by atoms with E-state index in [0.29, 0.717) is 12.5 Å². The van der Waals surface area contributed by atoms with Gasteiger partial charge in [0.25, 0.3) is 10.0 Å². The van der Waals surface area contributed by atoms with Gasteiger partial charge in [0, 0.05) is 24.2 Å². The fourth-order valence-electron chi connectivity index (χ4n) is 6.17. The van der Waals surface area contributed by atoms with E-state index in [0.717, 1.165) is 25.5 Å². The third-order valence-electron chi connectivity index (χ3n) is 7.25. The predicted molar refractivity (Wildman–Crippen MR) is 126 cm³/mol. The van der Waals surface area contributed by atoms with Crippen LogP contribution in [0.5, 0.6) is 0 Å². The normalized spacial score (nSPS) is 31.7. The number of amides is 1. The third kappa shape index (κ3) is 3.80. The number of likely N-dealkylation sites (tertiary alicyclic amines) is 1. The maximum atomic E-state index is 13.6. The van der Waals surface area contributed by atoms with Gasteiger partial charge < -0.3 is 10.2 Å². The molecule has 1 unspecified atom stereocenters. The summed E-state index contributed by atoms with van der Waals surface area (Å²) in [4.78, 5) is 28.8. The molecule has 1 saturated heterocycles. The van der Waals surface area contributed by atoms with E-state index in [1.807, 2.05) is 13.8 Å². The number of nitrogens with one attached hydrogen (secondary N) is 2. The molecule has 2 aliphatic carbocycles. The lowest BCUT2D eigenvalue weighted by atomic mass is 9.73. The average Bonchev–Trinajstić information content (AvgIpc) is 3.32. The number of nitrogens with zero attached hydrogens (tertiary/aromatic N) is 2. The monoisotopic (exact) mass is 508 g/mol. The number of carbonyl (C=O) groups excluding carboxylic acids is 2. The standard InChI is InChI=1S/C22H28N4O6S2/c1-11(2)10-26-19-13-5-4-12(8-13)17(19)20(27)18(22(26)28)21-23-15-7-6-14(24-33(3,29)30)9-16(15)34(31,32)25-21/h6-7,9,11-13,17-19,24H,4-5,8,10H2,1-3H3,(H,23,25)/t12-,13+,17+,18?,19-/m0/s1. The van der Waals surface area contributed by atoms with Gasteiger partial charge in [-0.15, -0.1) is 4.40 Å². The summed E-state index contributed by atoms with van der Waals surface area (Å²) in [6, 6.07) is 3.86. The first kappa shape index (κ1) is 23.3. The highest BCUT2D eigenvalue weighted by molar-refractivity contribution is 7.92. The molecule has 5 rings (SSSR count). The van der Waals surface area contributed by atoms with E-state index < -0.39 is 31.9 Å². The lowest BCUT2D eigenvalue weighted by molar-refractivity contribution is -0.153. The maximum absolute atomic E-state index is 13.6. The number of hydrogen-bond donors (Lipinski definition) is 2. The Morgan fingerprint density at radius 2 is 1.91 bits per heavy atom. The fourth-order valence-corrected chi connectivity index (χ4v) is 7.91. The molecule has 0 radical (unpaired) electrons. The van der Waals surface area contributed by atoms with E-state index in [2.05, 4.69) is 14.4 Å². The minimum absolute atomic E-state index is 0.0722. The van der Waals surface area contributed by atoms with Crippen molar-refractivity contribution in [3.63, 3.8) is 0 Å². The zero-order chi connectivity index (χ0) is 24.6. The Morgan fingerprint density at radius 1 is 1.21 bits per heavy atom. The molecule has 1 aromatic carbocycles. The Morgan fingerprint density at radius 3 is 2.59 bits per heavy atom. The number of Topliss-reactive ketones (excluding diaryl/α,β-unsaturated/α-hetero) is 1. The summed E-state index contributed by atoms with van der Waals surface area (Å²) in [5.41, 5.74) is 0.221. The molecule has 2 bridgehead atoms. The average molecular weight is 509 g/mol. The second-order valence-corrected chi connectivity index (χ2v) is 13.6. The Hall–Kier alpha value is -2.47. The van der Waals surface area contributed by atoms with Crippen LogP contribution in [0.4, 0.5) is 11.4 Å². The van der Waals surface area contributed by atoms with Crippen molar-refractivity contribution < 1.29 is 26.4 Å². The SMILES string of the molecule is CC(C)CN1C(=O)C(C2=NS(=O)(=O)c3cc(NS(C)(=O)=O)ccc3N2)C(=O)[C@@H]2[C@H]3CC[C@H](C3)[C@@H]21. The van der Waals surface area contributed by atoms with Crippen LogP contribution < -0.4 is 10.0 Å². The van der Waals surface area contributed by atoms with E-state index in [-0.39, 0.29) is 51.7 Å². The second-order valence-electron chi connectivity index (χ2n) is 10.2. The molecule has 0 spiro atoms. The van der Waals surface area contributed by atoms with Crippen LogP contribution in [-0.2, 0) is 29.6 Å². The number of rotatable bonds is 5. The molecule has 4 aliphatic rings. The van der Waals surface area contributed by atoms with Crippen LogP contribution in [0.2, 0.25) is 0 Å². The third-order valence-corrected chi connectivity index (χ3v) is 9.19. The molecule has 3 fully saturated rings. The van der Waals surface area contributed by atoms with Crippen LogP contribution in [-0.4, -0.2) is 58.1 Å². The van der Waals surface area contributed by atoms with Gasteiger partial charge in [-0.05, 0) is 55.2 Å². The van der Waals surface area contributed by atoms with Crippen LogP contribution in [0.15, 0.2) is 27.5 Å². The summed E-state index contributed by atoms with van der Waals surface area (Å²) in [5.74, 6) is -1.69. The molecular formula is C22H28N4O6S2. The molecule has 184 valence electrons. The van der Waals surface area contributed by atoms with Gasteiger partial charge in [0.05, 0.1) is 11.9 Å². The van der Waals surface area contributed by atoms with Crippen molar-refractivity contribution in [3.8, 4) is 0 Å². The highest BCUT2D eigenvalue weighted by Gasteiger charge is 2.60. The van der Waals surface area contributed by atoms with E-state index in [9.17, 15) is 26.4 Å². The zero-order valence-corrected chi connectivity index (χ0v) is 20.8. The van der Waals surface area contributed by atoms with Gasteiger partial charge in [0.2, 0.25) is 15.9 Å². The molecule has 0 aromatic heterocycles. The number of benzene rings is 1. The predicted octanol–water partition coefficient (Wildman–Crippen LogP) is 1.67. The molecule has 2 heterocycles. The number of ketones is 1. The van der Waals surface area contributed by atoms with Crippen LogP contribution in [0.25, 0.3) is 0 Å². The number of sulfonamides is 2. The minimum Gasteiger partial charge on any atom is -0.341 e. The van der Waals surface area contributed by atoms with Crippen LogP contribution >= 0.6 is 0 Å². The van der Waals surface area contributed by atoms with Gasteiger partial charge in [0.1, 0.15) is 10.7 Å². The Labute approximate surface area is 199 Å². The molecule has 10 nitrogen and oxygen atoms in total. The molecule has 12 heteroatoms. The van der Waals surface area contributed by atoms with Crippen molar-refractivity contribution in [2.24, 2.45) is 34.0 Å². The number of carbonyl (C=O) groups is 2. The van der Waals surface area contributed by atoms with Crippen LogP contribution in [0.3, 0.4) is 0 Å². The Balaban J connectivity index is 1.53. The number of amidine groups is 1. The largest absolute Gasteiger partial charge is 0.341 e. The van der Waals surface area contributed by atoms with Crippen molar-refractivity contribution in [2.75, 3.05) is 22.8 Å². The number of fused-ring (bicyclic) bond motifs is 6. The molecule has 5 atom stereocenters. The number of hydrogen-bond acceptors (Lipinski definition) is 7. The smallest absolute Gasteiger partial charge is 0.286 e. The van der Waals surface area contributed by atoms with Crippen molar-refractivity contribution in [1.82, 2.24) is 4.90 Å². The van der Waals surface area contributed by atoms with Gasteiger partial charge in [-0.1, -0.05) is 13.8 Å². The first-order valence-electron chi connectivity index (χ1n) is 11.4. The van der Waals surface area contributed by atoms with Gasteiger partial charge in [-0.25, -0.2) is 8.42 Å². The molecule has 2 N–H and O–H groups in total. The lowest BCUT2D eigenvalue weighted by Crippen LogP contribution is -2.62. The summed E-state index contributed by atoms with van der Waals surface area (Å²) in [5, 5.41) is 2.90. The van der Waals surface area contributed by atoms with E-state index in [1.54, 1.807) is 4.90 Å². The fraction of sp³-hybridized carbons (Fsp3) is 0.591. The zero-order valence-electron chi connectivity index (χ0n) is 19.2. The summed E-state index contributed by atoms with van der Waals surface area (Å²) in [7, 11) is -7.88. The quantitative estimate of drug-likeness (QED) is 0.576. The second kappa shape index (κ2) is 7.77. The first-order chi connectivity index (χ1) is 15.9. The van der Waals surface area contributed by atoms with Gasteiger partial charge in [-0.2, -0.15) is 8.42 Å². The van der Waals surface area contributed by atoms with Crippen LogP contribution in [0.1, 0.15) is 33.1 Å². The molecule has 1 aromatic rings. The van der Waals surface area contributed by atoms with E-state index in [1.165, 1.54) is 18.2 Å². The van der Waals surface area contributed by atoms with Crippen molar-refractivity contribution in [1.29, 1.82) is 0 Å². The van der Waals surface area contributed by atoms with Gasteiger partial charge >= 0.3 is 0 Å². The maximum Gasteiger partial charge on any atom is 0.286 e. The number of anilines is 2. The van der Waals surface area contributed by atoms with Crippen molar-refractivity contribution in [2.45, 2.75) is 44.0 Å². The number of piperidine rings is 1. The Kier molecular flexibility index (Phi) is 5.32. The topological polar surface area (TPSA) is 142 Å². The first-order valence-corrected chi connectivity index (χ1v) is 14.8. The van der Waals surface area contributed by atoms with Gasteiger partial charge in [0.15, 0.2) is 11.7 Å². The highest BCUT2D eigenvalue weighted by atomic mass is 32.2. The molecule has 34 heavy (non-hydrogen) atoms. The minimum atomic E-state index is -4.27. The summed E-state index contributed by atoms with van der Waals surface area (Å²) in [6.07, 6.45) is 3.84. The molecule has 2 aliphatic heterocycles. The summed E-state index contributed by atoms with van der Waals surface area (Å²) in [6.45, 7) is 4.53. The lowest BCUT2D eigenvalue weighted by Gasteiger charge is -2.46. The highest BCUT2D eigenvalue weighted by Crippen LogP contribution is 2.54. The Bertz CT molecular complexity index is 1320. The molecular weight excluding hydrogens is 480 g/mol. The van der Waals surface area contributed by atoms with E-state index in [4.69, 9.17) is 0 Å².